The summed E-state index contributed by atoms with van der Waals surface area (Å²) < 4.78 is 5.76. The van der Waals surface area contributed by atoms with Crippen molar-refractivity contribution in [2.24, 2.45) is 0 Å². The van der Waals surface area contributed by atoms with Gasteiger partial charge in [0, 0.05) is 12.0 Å². The van der Waals surface area contributed by atoms with Crippen LogP contribution in [0.5, 0.6) is 5.75 Å². The van der Waals surface area contributed by atoms with Gasteiger partial charge in [-0.1, -0.05) is 49.4 Å². The number of carbonyl (C=O) groups excluding carboxylic acids is 2. The fraction of sp³-hybridized carbons (Fsp3) is 0.308. The Morgan fingerprint density at radius 3 is 2.53 bits per heavy atom. The van der Waals surface area contributed by atoms with Gasteiger partial charge < -0.3 is 9.84 Å². The molecule has 34 heavy (non-hydrogen) atoms. The van der Waals surface area contributed by atoms with Gasteiger partial charge in [0.15, 0.2) is 0 Å². The first-order chi connectivity index (χ1) is 16.2. The molecule has 1 aromatic heterocycles. The van der Waals surface area contributed by atoms with Gasteiger partial charge in [-0.3, -0.25) is 14.5 Å². The van der Waals surface area contributed by atoms with Crippen molar-refractivity contribution in [2.45, 2.75) is 52.2 Å². The van der Waals surface area contributed by atoms with Crippen LogP contribution < -0.4 is 9.64 Å². The van der Waals surface area contributed by atoms with E-state index in [-0.39, 0.29) is 17.4 Å². The van der Waals surface area contributed by atoms with E-state index in [9.17, 15) is 14.7 Å². The number of hydrogen-bond donors (Lipinski definition) is 1. The molecule has 2 atom stereocenters. The second kappa shape index (κ2) is 8.36. The number of aliphatic hydroxyl groups excluding tert-OH is 1. The van der Waals surface area contributed by atoms with Crippen LogP contribution in [0.15, 0.2) is 48.0 Å². The minimum Gasteiger partial charge on any atom is -0.507 e. The van der Waals surface area contributed by atoms with E-state index in [4.69, 9.17) is 4.74 Å². The number of aliphatic hydroxyl groups is 1. The highest BCUT2D eigenvalue weighted by Crippen LogP contribution is 2.43. The Labute approximate surface area is 201 Å². The molecule has 0 bridgehead atoms. The molecular formula is C26H25N3O4S. The fourth-order valence-corrected chi connectivity index (χ4v) is 5.23. The maximum atomic E-state index is 13.3. The van der Waals surface area contributed by atoms with Crippen molar-refractivity contribution in [1.82, 2.24) is 10.2 Å². The normalized spacial score (nSPS) is 21.3. The number of aromatic nitrogens is 2. The zero-order valence-electron chi connectivity index (χ0n) is 19.4. The first kappa shape index (κ1) is 22.3. The van der Waals surface area contributed by atoms with Crippen molar-refractivity contribution < 1.29 is 19.4 Å². The zero-order chi connectivity index (χ0) is 24.1. The molecule has 2 unspecified atom stereocenters. The zero-order valence-corrected chi connectivity index (χ0v) is 20.2. The summed E-state index contributed by atoms with van der Waals surface area (Å²) in [5.41, 5.74) is 3.34. The van der Waals surface area contributed by atoms with E-state index in [2.05, 4.69) is 24.0 Å². The highest BCUT2D eigenvalue weighted by Gasteiger charge is 2.48. The van der Waals surface area contributed by atoms with E-state index >= 15 is 0 Å². The molecular weight excluding hydrogens is 450 g/mol. The third-order valence-corrected chi connectivity index (χ3v) is 7.09. The van der Waals surface area contributed by atoms with Crippen LogP contribution >= 0.6 is 11.3 Å². The third-order valence-electron chi connectivity index (χ3n) is 6.25. The molecule has 3 heterocycles. The Hall–Kier alpha value is -3.52. The summed E-state index contributed by atoms with van der Waals surface area (Å²) in [5, 5.41) is 20.5. The predicted octanol–water partition coefficient (Wildman–Crippen LogP) is 4.92. The molecule has 0 radical (unpaired) electrons. The first-order valence-corrected chi connectivity index (χ1v) is 12.1. The van der Waals surface area contributed by atoms with E-state index in [0.717, 1.165) is 28.9 Å². The smallest absolute Gasteiger partial charge is 0.301 e. The number of Topliss-reactive ketones (excluding diaryl/α,β-unsaturated/α-hetero) is 1. The summed E-state index contributed by atoms with van der Waals surface area (Å²) in [6, 6.07) is 12.3. The summed E-state index contributed by atoms with van der Waals surface area (Å²) in [6.45, 7) is 7.97. The van der Waals surface area contributed by atoms with Crippen LogP contribution in [0.2, 0.25) is 0 Å². The van der Waals surface area contributed by atoms with Gasteiger partial charge in [-0.05, 0) is 54.7 Å². The molecule has 3 aromatic rings. The van der Waals surface area contributed by atoms with Gasteiger partial charge in [-0.15, -0.1) is 10.2 Å². The van der Waals surface area contributed by atoms with Gasteiger partial charge in [0.2, 0.25) is 5.13 Å². The van der Waals surface area contributed by atoms with Crippen LogP contribution in [0.4, 0.5) is 5.13 Å². The number of fused-ring (bicyclic) bond motifs is 1. The number of rotatable bonds is 4. The number of amides is 1. The molecule has 0 aliphatic carbocycles. The lowest BCUT2D eigenvalue weighted by atomic mass is 9.93. The molecule has 1 N–H and O–H groups in total. The van der Waals surface area contributed by atoms with E-state index in [0.29, 0.717) is 21.6 Å². The number of carbonyl (C=O) groups is 2. The average molecular weight is 476 g/mol. The van der Waals surface area contributed by atoms with E-state index in [1.165, 1.54) is 16.2 Å². The average Bonchev–Trinajstić information content (AvgIpc) is 3.48. The van der Waals surface area contributed by atoms with Crippen molar-refractivity contribution >= 4 is 33.9 Å². The van der Waals surface area contributed by atoms with Gasteiger partial charge in [-0.2, -0.15) is 0 Å². The van der Waals surface area contributed by atoms with Crippen molar-refractivity contribution in [3.63, 3.8) is 0 Å². The maximum absolute atomic E-state index is 13.3. The monoisotopic (exact) mass is 475 g/mol. The van der Waals surface area contributed by atoms with Crippen molar-refractivity contribution in [1.29, 1.82) is 0 Å². The summed E-state index contributed by atoms with van der Waals surface area (Å²) in [5.74, 6) is -0.568. The Morgan fingerprint density at radius 2 is 1.88 bits per heavy atom. The summed E-state index contributed by atoms with van der Waals surface area (Å²) in [7, 11) is 0. The predicted molar refractivity (Wildman–Crippen MR) is 130 cm³/mol. The van der Waals surface area contributed by atoms with E-state index in [1.807, 2.05) is 37.3 Å². The molecule has 1 saturated heterocycles. The largest absolute Gasteiger partial charge is 0.507 e. The highest BCUT2D eigenvalue weighted by atomic mass is 32.1. The Kier molecular flexibility index (Phi) is 5.48. The minimum atomic E-state index is -0.808. The molecule has 2 aliphatic heterocycles. The molecule has 0 spiro atoms. The standard InChI is InChI=1S/C26H25N3O4S/c1-13(2)16-5-7-17(8-6-16)22-21(24(31)25(32)29(22)26-28-27-15(4)34-26)23(30)18-9-10-20-19(12-18)11-14(3)33-20/h5-10,12-14,22,30H,11H2,1-4H3. The van der Waals surface area contributed by atoms with Crippen LogP contribution in [-0.4, -0.2) is 33.1 Å². The van der Waals surface area contributed by atoms with Crippen LogP contribution in [0.25, 0.3) is 5.76 Å². The van der Waals surface area contributed by atoms with Gasteiger partial charge >= 0.3 is 5.91 Å². The molecule has 7 nitrogen and oxygen atoms in total. The lowest BCUT2D eigenvalue weighted by Gasteiger charge is -2.23. The molecule has 1 fully saturated rings. The Morgan fingerprint density at radius 1 is 1.15 bits per heavy atom. The highest BCUT2D eigenvalue weighted by molar-refractivity contribution is 7.15. The molecule has 174 valence electrons. The van der Waals surface area contributed by atoms with E-state index in [1.54, 1.807) is 19.1 Å². The Balaban J connectivity index is 1.67. The minimum absolute atomic E-state index is 0.0436. The van der Waals surface area contributed by atoms with Crippen LogP contribution in [-0.2, 0) is 16.0 Å². The number of benzene rings is 2. The third kappa shape index (κ3) is 3.68. The molecule has 5 rings (SSSR count). The van der Waals surface area contributed by atoms with Crippen LogP contribution in [0, 0.1) is 6.92 Å². The van der Waals surface area contributed by atoms with Gasteiger partial charge in [0.05, 0.1) is 11.6 Å². The van der Waals surface area contributed by atoms with Crippen molar-refractivity contribution in [2.75, 3.05) is 4.90 Å². The molecule has 1 amide bonds. The van der Waals surface area contributed by atoms with Gasteiger partial charge in [-0.25, -0.2) is 0 Å². The van der Waals surface area contributed by atoms with Crippen LogP contribution in [0.3, 0.4) is 0 Å². The molecule has 2 aromatic carbocycles. The molecule has 2 aliphatic rings. The number of hydrogen-bond acceptors (Lipinski definition) is 7. The SMILES string of the molecule is Cc1nnc(N2C(=O)C(=O)C(=C(O)c3ccc4c(c3)CC(C)O4)C2c2ccc(C(C)C)cc2)s1. The number of ketones is 1. The summed E-state index contributed by atoms with van der Waals surface area (Å²) >= 11 is 1.23. The van der Waals surface area contributed by atoms with Crippen molar-refractivity contribution in [3.8, 4) is 5.75 Å². The van der Waals surface area contributed by atoms with Gasteiger partial charge in [0.1, 0.15) is 22.6 Å². The second-order valence-corrected chi connectivity index (χ2v) is 10.2. The van der Waals surface area contributed by atoms with Crippen molar-refractivity contribution in [3.05, 3.63) is 75.3 Å². The lowest BCUT2D eigenvalue weighted by Crippen LogP contribution is -2.29. The number of anilines is 1. The second-order valence-electron chi connectivity index (χ2n) is 9.05. The van der Waals surface area contributed by atoms with Crippen LogP contribution in [0.1, 0.15) is 60.0 Å². The summed E-state index contributed by atoms with van der Waals surface area (Å²) in [6.07, 6.45) is 0.771. The molecule has 0 saturated carbocycles. The first-order valence-electron chi connectivity index (χ1n) is 11.3. The summed E-state index contributed by atoms with van der Waals surface area (Å²) in [4.78, 5) is 27.8. The fourth-order valence-electron chi connectivity index (χ4n) is 4.52. The Bertz CT molecular complexity index is 1330. The van der Waals surface area contributed by atoms with Gasteiger partial charge in [0.25, 0.3) is 5.78 Å². The number of nitrogens with zero attached hydrogens (tertiary/aromatic N) is 3. The topological polar surface area (TPSA) is 92.6 Å². The quantitative estimate of drug-likeness (QED) is 0.327. The number of aryl methyl sites for hydroxylation is 1. The number of ether oxygens (including phenoxy) is 1. The molecule has 8 heteroatoms. The lowest BCUT2D eigenvalue weighted by molar-refractivity contribution is -0.132. The van der Waals surface area contributed by atoms with E-state index < -0.39 is 17.7 Å². The maximum Gasteiger partial charge on any atom is 0.301 e.